The normalized spacial score (nSPS) is 12.7. The number of hydrogen-bond acceptors (Lipinski definition) is 4. The first-order valence-electron chi connectivity index (χ1n) is 7.71. The van der Waals surface area contributed by atoms with Crippen molar-refractivity contribution in [2.75, 3.05) is 0 Å². The molecule has 3 aromatic rings. The third kappa shape index (κ3) is 3.38. The smallest absolute Gasteiger partial charge is 0.279 e. The highest BCUT2D eigenvalue weighted by Crippen LogP contribution is 2.36. The first-order chi connectivity index (χ1) is 13.4. The van der Waals surface area contributed by atoms with E-state index >= 15 is 0 Å². The zero-order chi connectivity index (χ0) is 21.7. The van der Waals surface area contributed by atoms with Gasteiger partial charge in [0.2, 0.25) is 11.6 Å². The van der Waals surface area contributed by atoms with Crippen molar-refractivity contribution in [3.63, 3.8) is 0 Å². The van der Waals surface area contributed by atoms with Crippen LogP contribution >= 0.6 is 0 Å². The van der Waals surface area contributed by atoms with Crippen LogP contribution in [0.1, 0.15) is 5.69 Å². The number of rotatable bonds is 4. The van der Waals surface area contributed by atoms with Gasteiger partial charge in [0, 0.05) is 18.8 Å². The molecule has 0 aromatic carbocycles. The molecule has 0 fully saturated rings. The number of nitrogens with zero attached hydrogens (tertiary/aromatic N) is 5. The Labute approximate surface area is 155 Å². The van der Waals surface area contributed by atoms with Crippen molar-refractivity contribution in [1.29, 1.82) is 0 Å². The molecular formula is C15H10F7N5O2. The monoisotopic (exact) mass is 425 g/mol. The molecule has 0 aliphatic carbocycles. The van der Waals surface area contributed by atoms with E-state index in [1.165, 1.54) is 0 Å². The molecule has 0 aliphatic heterocycles. The molecule has 0 atom stereocenters. The standard InChI is InChI=1S/C15H10F7N5O2/c1-25-11(28)8(17)5-27-12(29)10(9(2-16)24-13(25)27)7-3-23-26(4-7)6-14(18,19)15(20,21)22/h3-5H,2,6H2,1H3. The highest BCUT2D eigenvalue weighted by atomic mass is 19.4. The molecule has 3 aromatic heterocycles. The maximum absolute atomic E-state index is 13.7. The minimum absolute atomic E-state index is 0.237. The van der Waals surface area contributed by atoms with Crippen LogP contribution in [-0.4, -0.2) is 35.8 Å². The minimum Gasteiger partial charge on any atom is -0.279 e. The average Bonchev–Trinajstić information content (AvgIpc) is 3.06. The molecular weight excluding hydrogens is 415 g/mol. The SMILES string of the molecule is Cn1c(=O)c(F)cn2c(=O)c(-c3cnn(CC(F)(F)C(F)(F)F)c3)c(CF)nc12. The Morgan fingerprint density at radius 3 is 2.31 bits per heavy atom. The molecule has 0 saturated carbocycles. The minimum atomic E-state index is -5.82. The van der Waals surface area contributed by atoms with Crippen molar-refractivity contribution >= 4 is 5.78 Å². The highest BCUT2D eigenvalue weighted by Gasteiger charge is 2.57. The Bertz CT molecular complexity index is 1210. The van der Waals surface area contributed by atoms with Gasteiger partial charge < -0.3 is 0 Å². The maximum atomic E-state index is 13.7. The molecule has 0 N–H and O–H groups in total. The summed E-state index contributed by atoms with van der Waals surface area (Å²) in [7, 11) is 1.09. The van der Waals surface area contributed by atoms with Crippen LogP contribution in [0, 0.1) is 5.82 Å². The van der Waals surface area contributed by atoms with Gasteiger partial charge in [0.1, 0.15) is 13.2 Å². The van der Waals surface area contributed by atoms with Gasteiger partial charge in [-0.25, -0.2) is 13.8 Å². The van der Waals surface area contributed by atoms with Crippen LogP contribution in [0.4, 0.5) is 30.7 Å². The number of aryl methyl sites for hydroxylation is 1. The summed E-state index contributed by atoms with van der Waals surface area (Å²) in [5.74, 6) is -6.81. The largest absolute Gasteiger partial charge is 0.455 e. The van der Waals surface area contributed by atoms with Gasteiger partial charge in [-0.05, 0) is 0 Å². The van der Waals surface area contributed by atoms with Crippen LogP contribution in [0.2, 0.25) is 0 Å². The van der Waals surface area contributed by atoms with E-state index in [0.717, 1.165) is 13.2 Å². The van der Waals surface area contributed by atoms with Gasteiger partial charge in [0.05, 0.1) is 23.7 Å². The molecule has 0 amide bonds. The fourth-order valence-corrected chi connectivity index (χ4v) is 2.60. The van der Waals surface area contributed by atoms with Gasteiger partial charge in [-0.15, -0.1) is 0 Å². The molecule has 0 radical (unpaired) electrons. The summed E-state index contributed by atoms with van der Waals surface area (Å²) in [5, 5.41) is 3.35. The predicted molar refractivity (Wildman–Crippen MR) is 83.7 cm³/mol. The van der Waals surface area contributed by atoms with Crippen LogP contribution in [0.3, 0.4) is 0 Å². The molecule has 7 nitrogen and oxygen atoms in total. The molecule has 156 valence electrons. The van der Waals surface area contributed by atoms with Gasteiger partial charge in [-0.3, -0.25) is 18.8 Å². The molecule has 3 rings (SSSR count). The second-order valence-electron chi connectivity index (χ2n) is 6.01. The second-order valence-corrected chi connectivity index (χ2v) is 6.01. The third-order valence-electron chi connectivity index (χ3n) is 4.05. The molecule has 0 saturated heterocycles. The number of hydrogen-bond donors (Lipinski definition) is 0. The van der Waals surface area contributed by atoms with Gasteiger partial charge in [-0.2, -0.15) is 31.4 Å². The van der Waals surface area contributed by atoms with E-state index < -0.39 is 59.3 Å². The molecule has 0 bridgehead atoms. The summed E-state index contributed by atoms with van der Waals surface area (Å²) in [6.45, 7) is -3.20. The van der Waals surface area contributed by atoms with Crippen molar-refractivity contribution < 1.29 is 30.7 Å². The topological polar surface area (TPSA) is 74.2 Å². The Hall–Kier alpha value is -3.19. The number of halogens is 7. The van der Waals surface area contributed by atoms with Crippen LogP contribution in [-0.2, 0) is 20.3 Å². The lowest BCUT2D eigenvalue weighted by atomic mass is 10.1. The molecule has 3 heterocycles. The summed E-state index contributed by atoms with van der Waals surface area (Å²) >= 11 is 0. The zero-order valence-corrected chi connectivity index (χ0v) is 14.3. The van der Waals surface area contributed by atoms with Gasteiger partial charge in [0.25, 0.3) is 11.1 Å². The van der Waals surface area contributed by atoms with Gasteiger partial charge in [-0.1, -0.05) is 0 Å². The highest BCUT2D eigenvalue weighted by molar-refractivity contribution is 5.64. The Morgan fingerprint density at radius 2 is 1.72 bits per heavy atom. The van der Waals surface area contributed by atoms with E-state index in [-0.39, 0.29) is 10.2 Å². The Kier molecular flexibility index (Phi) is 4.75. The summed E-state index contributed by atoms with van der Waals surface area (Å²) in [6.07, 6.45) is -3.85. The average molecular weight is 425 g/mol. The fourth-order valence-electron chi connectivity index (χ4n) is 2.60. The van der Waals surface area contributed by atoms with Crippen molar-refractivity contribution in [3.8, 4) is 11.1 Å². The lowest BCUT2D eigenvalue weighted by Crippen LogP contribution is -2.40. The number of aromatic nitrogens is 5. The zero-order valence-electron chi connectivity index (χ0n) is 14.3. The molecule has 29 heavy (non-hydrogen) atoms. The van der Waals surface area contributed by atoms with E-state index in [1.54, 1.807) is 0 Å². The fraction of sp³-hybridized carbons (Fsp3) is 0.333. The van der Waals surface area contributed by atoms with Crippen LogP contribution in [0.5, 0.6) is 0 Å². The van der Waals surface area contributed by atoms with E-state index in [0.29, 0.717) is 21.4 Å². The van der Waals surface area contributed by atoms with Crippen LogP contribution in [0.25, 0.3) is 16.9 Å². The van der Waals surface area contributed by atoms with Gasteiger partial charge >= 0.3 is 12.1 Å². The van der Waals surface area contributed by atoms with E-state index in [4.69, 9.17) is 0 Å². The van der Waals surface area contributed by atoms with E-state index in [1.807, 2.05) is 0 Å². The van der Waals surface area contributed by atoms with Crippen molar-refractivity contribution in [2.45, 2.75) is 25.3 Å². The van der Waals surface area contributed by atoms with Crippen molar-refractivity contribution in [2.24, 2.45) is 7.05 Å². The third-order valence-corrected chi connectivity index (χ3v) is 4.05. The number of fused-ring (bicyclic) bond motifs is 1. The summed E-state index contributed by atoms with van der Waals surface area (Å²) in [5.41, 5.74) is -3.56. The predicted octanol–water partition coefficient (Wildman–Crippen LogP) is 2.06. The molecule has 14 heteroatoms. The van der Waals surface area contributed by atoms with Gasteiger partial charge in [0.15, 0.2) is 0 Å². The van der Waals surface area contributed by atoms with E-state index in [2.05, 4.69) is 10.1 Å². The first-order valence-corrected chi connectivity index (χ1v) is 7.71. The molecule has 0 unspecified atom stereocenters. The van der Waals surface area contributed by atoms with Crippen molar-refractivity contribution in [3.05, 3.63) is 50.8 Å². The Balaban J connectivity index is 2.17. The molecule has 0 spiro atoms. The summed E-state index contributed by atoms with van der Waals surface area (Å²) in [4.78, 5) is 28.1. The van der Waals surface area contributed by atoms with Crippen LogP contribution in [0.15, 0.2) is 28.2 Å². The van der Waals surface area contributed by atoms with E-state index in [9.17, 15) is 40.3 Å². The number of alkyl halides is 6. The summed E-state index contributed by atoms with van der Waals surface area (Å²) < 4.78 is 92.1. The van der Waals surface area contributed by atoms with Crippen molar-refractivity contribution in [1.82, 2.24) is 23.7 Å². The molecule has 0 aliphatic rings. The maximum Gasteiger partial charge on any atom is 0.455 e. The first kappa shape index (κ1) is 20.5. The van der Waals surface area contributed by atoms with Crippen LogP contribution < -0.4 is 11.1 Å². The Morgan fingerprint density at radius 1 is 1.07 bits per heavy atom. The lowest BCUT2D eigenvalue weighted by molar-refractivity contribution is -0.287. The second kappa shape index (κ2) is 6.70. The summed E-state index contributed by atoms with van der Waals surface area (Å²) in [6, 6.07) is 0. The lowest BCUT2D eigenvalue weighted by Gasteiger charge is -2.19. The quantitative estimate of drug-likeness (QED) is 0.600.